The van der Waals surface area contributed by atoms with E-state index in [2.05, 4.69) is 15.3 Å². The highest BCUT2D eigenvalue weighted by Gasteiger charge is 2.14. The van der Waals surface area contributed by atoms with Crippen LogP contribution in [-0.4, -0.2) is 34.6 Å². The summed E-state index contributed by atoms with van der Waals surface area (Å²) < 4.78 is 0. The van der Waals surface area contributed by atoms with Gasteiger partial charge in [0.25, 0.3) is 0 Å². The number of thioether (sulfide) groups is 1. The Balaban J connectivity index is 1.96. The van der Waals surface area contributed by atoms with Gasteiger partial charge in [0.1, 0.15) is 11.6 Å². The number of benzene rings is 1. The Morgan fingerprint density at radius 3 is 2.76 bits per heavy atom. The number of hydrazine groups is 1. The third-order valence-electron chi connectivity index (χ3n) is 3.44. The first-order chi connectivity index (χ1) is 10.4. The maximum Gasteiger partial charge on any atom is 0.163 e. The molecule has 0 saturated carbocycles. The van der Waals surface area contributed by atoms with Gasteiger partial charge < -0.3 is 10.3 Å². The molecule has 1 aliphatic rings. The van der Waals surface area contributed by atoms with E-state index in [1.807, 2.05) is 48.2 Å². The van der Waals surface area contributed by atoms with E-state index in [4.69, 9.17) is 10.8 Å². The zero-order valence-corrected chi connectivity index (χ0v) is 12.6. The summed E-state index contributed by atoms with van der Waals surface area (Å²) >= 11 is 2.00. The number of nitrogen functional groups attached to an aromatic ring is 1. The minimum atomic E-state index is 0.649. The van der Waals surface area contributed by atoms with Gasteiger partial charge in [-0.2, -0.15) is 11.8 Å². The van der Waals surface area contributed by atoms with Crippen molar-refractivity contribution in [2.24, 2.45) is 5.84 Å². The number of hydrogen-bond acceptors (Lipinski definition) is 6. The van der Waals surface area contributed by atoms with Crippen molar-refractivity contribution < 1.29 is 0 Å². The van der Waals surface area contributed by atoms with Crippen LogP contribution < -0.4 is 16.2 Å². The summed E-state index contributed by atoms with van der Waals surface area (Å²) in [4.78, 5) is 11.5. The van der Waals surface area contributed by atoms with Gasteiger partial charge >= 0.3 is 0 Å². The lowest BCUT2D eigenvalue weighted by atomic mass is 10.2. The molecule has 1 fully saturated rings. The maximum absolute atomic E-state index is 5.56. The molecular formula is C15H19N5S. The minimum Gasteiger partial charge on any atom is -0.356 e. The largest absolute Gasteiger partial charge is 0.356 e. The maximum atomic E-state index is 5.56. The fourth-order valence-corrected chi connectivity index (χ4v) is 3.25. The summed E-state index contributed by atoms with van der Waals surface area (Å²) in [5.41, 5.74) is 3.65. The normalized spacial score (nSPS) is 15.6. The molecule has 0 aliphatic carbocycles. The predicted molar refractivity (Wildman–Crippen MR) is 89.4 cm³/mol. The number of anilines is 2. The van der Waals surface area contributed by atoms with Crippen LogP contribution in [0.3, 0.4) is 0 Å². The summed E-state index contributed by atoms with van der Waals surface area (Å²) in [5, 5.41) is 0. The number of hydrogen-bond donors (Lipinski definition) is 2. The van der Waals surface area contributed by atoms with Crippen molar-refractivity contribution in [2.75, 3.05) is 34.9 Å². The van der Waals surface area contributed by atoms with Crippen LogP contribution in [0.2, 0.25) is 0 Å². The first-order valence-electron chi connectivity index (χ1n) is 7.10. The zero-order chi connectivity index (χ0) is 14.5. The first kappa shape index (κ1) is 14.2. The molecule has 0 bridgehead atoms. The summed E-state index contributed by atoms with van der Waals surface area (Å²) in [6.07, 6.45) is 1.18. The molecule has 0 unspecified atom stereocenters. The van der Waals surface area contributed by atoms with Crippen LogP contribution in [0.1, 0.15) is 6.42 Å². The number of rotatable bonds is 3. The van der Waals surface area contributed by atoms with Crippen molar-refractivity contribution in [2.45, 2.75) is 6.42 Å². The van der Waals surface area contributed by atoms with E-state index >= 15 is 0 Å². The van der Waals surface area contributed by atoms with E-state index in [9.17, 15) is 0 Å². The molecule has 2 heterocycles. The molecular weight excluding hydrogens is 282 g/mol. The van der Waals surface area contributed by atoms with Gasteiger partial charge in [-0.15, -0.1) is 0 Å². The first-order valence-corrected chi connectivity index (χ1v) is 8.26. The standard InChI is InChI=1S/C15H19N5S/c16-19-13-11-14(20-7-4-9-21-10-8-20)18-15(17-13)12-5-2-1-3-6-12/h1-3,5-6,11H,4,7-10,16H2,(H,17,18,19). The molecule has 6 heteroatoms. The van der Waals surface area contributed by atoms with Gasteiger partial charge in [-0.1, -0.05) is 30.3 Å². The molecule has 0 spiro atoms. The molecule has 3 rings (SSSR count). The Bertz CT molecular complexity index is 582. The smallest absolute Gasteiger partial charge is 0.163 e. The molecule has 1 saturated heterocycles. The number of aromatic nitrogens is 2. The number of nitrogens with one attached hydrogen (secondary N) is 1. The Kier molecular flexibility index (Phi) is 4.57. The summed E-state index contributed by atoms with van der Waals surface area (Å²) in [5.74, 6) is 10.2. The van der Waals surface area contributed by atoms with Crippen LogP contribution in [0.5, 0.6) is 0 Å². The van der Waals surface area contributed by atoms with Crippen LogP contribution in [-0.2, 0) is 0 Å². The summed E-state index contributed by atoms with van der Waals surface area (Å²) in [6, 6.07) is 11.9. The monoisotopic (exact) mass is 301 g/mol. The Labute approximate surface area is 128 Å². The highest BCUT2D eigenvalue weighted by atomic mass is 32.2. The molecule has 3 N–H and O–H groups in total. The highest BCUT2D eigenvalue weighted by Crippen LogP contribution is 2.23. The third-order valence-corrected chi connectivity index (χ3v) is 4.49. The fraction of sp³-hybridized carbons (Fsp3) is 0.333. The van der Waals surface area contributed by atoms with Gasteiger partial charge in [0, 0.05) is 30.5 Å². The molecule has 0 radical (unpaired) electrons. The van der Waals surface area contributed by atoms with Crippen molar-refractivity contribution in [1.29, 1.82) is 0 Å². The molecule has 1 aromatic heterocycles. The van der Waals surface area contributed by atoms with Crippen molar-refractivity contribution >= 4 is 23.4 Å². The van der Waals surface area contributed by atoms with E-state index in [-0.39, 0.29) is 0 Å². The highest BCUT2D eigenvalue weighted by molar-refractivity contribution is 7.99. The molecule has 2 aromatic rings. The Hall–Kier alpha value is -1.79. The van der Waals surface area contributed by atoms with Gasteiger partial charge in [0.05, 0.1) is 0 Å². The molecule has 1 aromatic carbocycles. The van der Waals surface area contributed by atoms with E-state index in [1.54, 1.807) is 0 Å². The average Bonchev–Trinajstić information content (AvgIpc) is 2.84. The van der Waals surface area contributed by atoms with Gasteiger partial charge in [-0.05, 0) is 12.2 Å². The SMILES string of the molecule is NNc1cc(N2CCCSCC2)nc(-c2ccccc2)n1. The van der Waals surface area contributed by atoms with E-state index in [0.717, 1.165) is 30.2 Å². The van der Waals surface area contributed by atoms with Crippen LogP contribution in [0.4, 0.5) is 11.6 Å². The minimum absolute atomic E-state index is 0.649. The van der Waals surface area contributed by atoms with E-state index < -0.39 is 0 Å². The van der Waals surface area contributed by atoms with Gasteiger partial charge in [-0.3, -0.25) is 0 Å². The Morgan fingerprint density at radius 2 is 1.95 bits per heavy atom. The Morgan fingerprint density at radius 1 is 1.10 bits per heavy atom. The van der Waals surface area contributed by atoms with Gasteiger partial charge in [-0.25, -0.2) is 15.8 Å². The second kappa shape index (κ2) is 6.78. The molecule has 0 amide bonds. The fourth-order valence-electron chi connectivity index (χ4n) is 2.36. The molecule has 0 atom stereocenters. The topological polar surface area (TPSA) is 67.1 Å². The lowest BCUT2D eigenvalue weighted by Crippen LogP contribution is -2.27. The number of nitrogens with zero attached hydrogens (tertiary/aromatic N) is 3. The van der Waals surface area contributed by atoms with Crippen LogP contribution >= 0.6 is 11.8 Å². The second-order valence-electron chi connectivity index (χ2n) is 4.90. The predicted octanol–water partition coefficient (Wildman–Crippen LogP) is 2.37. The average molecular weight is 301 g/mol. The van der Waals surface area contributed by atoms with Gasteiger partial charge in [0.15, 0.2) is 5.82 Å². The van der Waals surface area contributed by atoms with Crippen molar-refractivity contribution in [1.82, 2.24) is 9.97 Å². The quantitative estimate of drug-likeness (QED) is 0.670. The van der Waals surface area contributed by atoms with Gasteiger partial charge in [0.2, 0.25) is 0 Å². The summed E-state index contributed by atoms with van der Waals surface area (Å²) in [7, 11) is 0. The lowest BCUT2D eigenvalue weighted by Gasteiger charge is -2.22. The van der Waals surface area contributed by atoms with Crippen molar-refractivity contribution in [3.8, 4) is 11.4 Å². The summed E-state index contributed by atoms with van der Waals surface area (Å²) in [6.45, 7) is 2.04. The van der Waals surface area contributed by atoms with Crippen LogP contribution in [0.15, 0.2) is 36.4 Å². The zero-order valence-electron chi connectivity index (χ0n) is 11.8. The van der Waals surface area contributed by atoms with Crippen molar-refractivity contribution in [3.05, 3.63) is 36.4 Å². The molecule has 110 valence electrons. The van der Waals surface area contributed by atoms with E-state index in [1.165, 1.54) is 12.2 Å². The second-order valence-corrected chi connectivity index (χ2v) is 6.12. The van der Waals surface area contributed by atoms with E-state index in [0.29, 0.717) is 11.6 Å². The molecule has 5 nitrogen and oxygen atoms in total. The molecule has 1 aliphatic heterocycles. The third kappa shape index (κ3) is 3.46. The van der Waals surface area contributed by atoms with Crippen molar-refractivity contribution in [3.63, 3.8) is 0 Å². The van der Waals surface area contributed by atoms with Crippen LogP contribution in [0.25, 0.3) is 11.4 Å². The van der Waals surface area contributed by atoms with Crippen LogP contribution in [0, 0.1) is 0 Å². The lowest BCUT2D eigenvalue weighted by molar-refractivity contribution is 0.799. The number of nitrogens with two attached hydrogens (primary N) is 1. The molecule has 21 heavy (non-hydrogen) atoms.